The van der Waals surface area contributed by atoms with E-state index in [0.29, 0.717) is 22.0 Å². The van der Waals surface area contributed by atoms with Crippen molar-refractivity contribution >= 4 is 40.9 Å². The van der Waals surface area contributed by atoms with Crippen molar-refractivity contribution in [3.8, 4) is 0 Å². The summed E-state index contributed by atoms with van der Waals surface area (Å²) in [6.07, 6.45) is -0.532. The third-order valence-electron chi connectivity index (χ3n) is 3.56. The summed E-state index contributed by atoms with van der Waals surface area (Å²) in [7, 11) is 0. The van der Waals surface area contributed by atoms with Crippen LogP contribution in [0.15, 0.2) is 48.5 Å². The van der Waals surface area contributed by atoms with Crippen LogP contribution in [0.5, 0.6) is 0 Å². The number of para-hydroxylation sites is 2. The number of hydrogen-bond acceptors (Lipinski definition) is 4. The van der Waals surface area contributed by atoms with Gasteiger partial charge in [-0.15, -0.1) is 0 Å². The number of rotatable bonds is 6. The molecule has 0 atom stereocenters. The summed E-state index contributed by atoms with van der Waals surface area (Å²) < 4.78 is 5.11. The summed E-state index contributed by atoms with van der Waals surface area (Å²) in [5.74, 6) is -0.661. The van der Waals surface area contributed by atoms with Gasteiger partial charge in [0.1, 0.15) is 5.60 Å². The molecule has 0 aliphatic carbocycles. The Labute approximate surface area is 174 Å². The monoisotopic (exact) mass is 417 g/mol. The van der Waals surface area contributed by atoms with E-state index in [-0.39, 0.29) is 24.8 Å². The molecule has 154 valence electrons. The minimum Gasteiger partial charge on any atom is -0.444 e. The molecule has 0 aliphatic heterocycles. The van der Waals surface area contributed by atoms with Gasteiger partial charge in [0.2, 0.25) is 5.91 Å². The highest BCUT2D eigenvalue weighted by molar-refractivity contribution is 6.31. The van der Waals surface area contributed by atoms with Crippen molar-refractivity contribution in [3.05, 3.63) is 59.1 Å². The van der Waals surface area contributed by atoms with Gasteiger partial charge in [0, 0.05) is 23.6 Å². The third-order valence-corrected chi connectivity index (χ3v) is 3.79. The third kappa shape index (κ3) is 7.83. The first-order chi connectivity index (χ1) is 13.6. The highest BCUT2D eigenvalue weighted by Crippen LogP contribution is 2.22. The van der Waals surface area contributed by atoms with Crippen LogP contribution in [0.2, 0.25) is 5.02 Å². The van der Waals surface area contributed by atoms with E-state index in [1.807, 2.05) is 0 Å². The molecule has 0 saturated carbocycles. The number of halogens is 1. The molecule has 2 rings (SSSR count). The fraction of sp³-hybridized carbons (Fsp3) is 0.286. The molecular weight excluding hydrogens is 394 g/mol. The standard InChI is InChI=1S/C21H24ClN3O4/c1-21(2,3)29-20(28)23-12-11-18(26)24-16-9-4-5-10-17(16)25-19(27)14-7-6-8-15(22)13-14/h4-10,13H,11-12H2,1-3H3,(H,23,28)(H,24,26)(H,25,27). The van der Waals surface area contributed by atoms with Crippen LogP contribution in [0, 0.1) is 0 Å². The fourth-order valence-electron chi connectivity index (χ4n) is 2.33. The Morgan fingerprint density at radius 2 is 1.62 bits per heavy atom. The molecule has 0 radical (unpaired) electrons. The maximum atomic E-state index is 12.4. The lowest BCUT2D eigenvalue weighted by Crippen LogP contribution is -2.34. The maximum Gasteiger partial charge on any atom is 0.407 e. The smallest absolute Gasteiger partial charge is 0.407 e. The zero-order valence-corrected chi connectivity index (χ0v) is 17.3. The number of benzene rings is 2. The van der Waals surface area contributed by atoms with E-state index in [4.69, 9.17) is 16.3 Å². The lowest BCUT2D eigenvalue weighted by Gasteiger charge is -2.19. The van der Waals surface area contributed by atoms with Gasteiger partial charge in [-0.2, -0.15) is 0 Å². The summed E-state index contributed by atoms with van der Waals surface area (Å²) >= 11 is 5.92. The molecule has 8 heteroatoms. The molecule has 0 saturated heterocycles. The highest BCUT2D eigenvalue weighted by atomic mass is 35.5. The van der Waals surface area contributed by atoms with Crippen molar-refractivity contribution in [1.82, 2.24) is 5.32 Å². The molecule has 2 aromatic carbocycles. The Kier molecular flexibility index (Phi) is 7.61. The average molecular weight is 418 g/mol. The van der Waals surface area contributed by atoms with Crippen LogP contribution in [-0.2, 0) is 9.53 Å². The SMILES string of the molecule is CC(C)(C)OC(=O)NCCC(=O)Nc1ccccc1NC(=O)c1cccc(Cl)c1. The fourth-order valence-corrected chi connectivity index (χ4v) is 2.52. The van der Waals surface area contributed by atoms with Crippen LogP contribution in [0.4, 0.5) is 16.2 Å². The lowest BCUT2D eigenvalue weighted by molar-refractivity contribution is -0.116. The van der Waals surface area contributed by atoms with E-state index in [9.17, 15) is 14.4 Å². The normalized spacial score (nSPS) is 10.8. The van der Waals surface area contributed by atoms with Gasteiger partial charge in [0.15, 0.2) is 0 Å². The molecule has 0 heterocycles. The lowest BCUT2D eigenvalue weighted by atomic mass is 10.2. The number of anilines is 2. The zero-order chi connectivity index (χ0) is 21.4. The van der Waals surface area contributed by atoms with Crippen LogP contribution in [-0.4, -0.2) is 30.1 Å². The Balaban J connectivity index is 1.92. The van der Waals surface area contributed by atoms with Gasteiger partial charge < -0.3 is 20.7 Å². The number of carbonyl (C=O) groups excluding carboxylic acids is 3. The number of ether oxygens (including phenoxy) is 1. The number of alkyl carbamates (subject to hydrolysis) is 1. The van der Waals surface area contributed by atoms with E-state index in [0.717, 1.165) is 0 Å². The molecule has 0 spiro atoms. The average Bonchev–Trinajstić information content (AvgIpc) is 2.61. The molecule has 0 unspecified atom stereocenters. The van der Waals surface area contributed by atoms with Crippen LogP contribution < -0.4 is 16.0 Å². The Morgan fingerprint density at radius 3 is 2.24 bits per heavy atom. The number of carbonyl (C=O) groups is 3. The van der Waals surface area contributed by atoms with Gasteiger partial charge in [-0.3, -0.25) is 9.59 Å². The summed E-state index contributed by atoms with van der Waals surface area (Å²) in [6.45, 7) is 5.40. The largest absolute Gasteiger partial charge is 0.444 e. The predicted molar refractivity (Wildman–Crippen MR) is 113 cm³/mol. The molecule has 0 bridgehead atoms. The second-order valence-electron chi connectivity index (χ2n) is 7.24. The summed E-state index contributed by atoms with van der Waals surface area (Å²) in [4.78, 5) is 36.2. The first kappa shape index (κ1) is 22.2. The maximum absolute atomic E-state index is 12.4. The van der Waals surface area contributed by atoms with E-state index in [1.54, 1.807) is 69.3 Å². The molecule has 0 aromatic heterocycles. The van der Waals surface area contributed by atoms with Crippen molar-refractivity contribution in [1.29, 1.82) is 0 Å². The Morgan fingerprint density at radius 1 is 0.966 bits per heavy atom. The minimum absolute atomic E-state index is 0.0514. The van der Waals surface area contributed by atoms with Crippen molar-refractivity contribution in [2.45, 2.75) is 32.8 Å². The van der Waals surface area contributed by atoms with E-state index >= 15 is 0 Å². The zero-order valence-electron chi connectivity index (χ0n) is 16.5. The Hall–Kier alpha value is -3.06. The van der Waals surface area contributed by atoms with Gasteiger partial charge in [0.05, 0.1) is 11.4 Å². The first-order valence-electron chi connectivity index (χ1n) is 9.07. The Bertz CT molecular complexity index is 893. The number of amides is 3. The second-order valence-corrected chi connectivity index (χ2v) is 7.67. The summed E-state index contributed by atoms with van der Waals surface area (Å²) in [6, 6.07) is 13.4. The van der Waals surface area contributed by atoms with Crippen LogP contribution >= 0.6 is 11.6 Å². The van der Waals surface area contributed by atoms with Crippen molar-refractivity contribution < 1.29 is 19.1 Å². The molecule has 7 nitrogen and oxygen atoms in total. The van der Waals surface area contributed by atoms with E-state index in [2.05, 4.69) is 16.0 Å². The first-order valence-corrected chi connectivity index (χ1v) is 9.44. The van der Waals surface area contributed by atoms with Crippen molar-refractivity contribution in [3.63, 3.8) is 0 Å². The van der Waals surface area contributed by atoms with Gasteiger partial charge >= 0.3 is 6.09 Å². The van der Waals surface area contributed by atoms with Gasteiger partial charge in [-0.1, -0.05) is 29.8 Å². The molecule has 0 aliphatic rings. The minimum atomic E-state index is -0.605. The molecule has 3 amide bonds. The van der Waals surface area contributed by atoms with Crippen LogP contribution in [0.25, 0.3) is 0 Å². The van der Waals surface area contributed by atoms with Gasteiger partial charge in [0.25, 0.3) is 5.91 Å². The van der Waals surface area contributed by atoms with Crippen molar-refractivity contribution in [2.75, 3.05) is 17.2 Å². The van der Waals surface area contributed by atoms with E-state index in [1.165, 1.54) is 0 Å². The molecule has 0 fully saturated rings. The molecular formula is C21H24ClN3O4. The molecule has 2 aromatic rings. The number of nitrogens with one attached hydrogen (secondary N) is 3. The predicted octanol–water partition coefficient (Wildman–Crippen LogP) is 4.45. The molecule has 29 heavy (non-hydrogen) atoms. The van der Waals surface area contributed by atoms with Gasteiger partial charge in [-0.25, -0.2) is 4.79 Å². The summed E-state index contributed by atoms with van der Waals surface area (Å²) in [5.41, 5.74) is 0.697. The quantitative estimate of drug-likeness (QED) is 0.647. The van der Waals surface area contributed by atoms with Crippen LogP contribution in [0.3, 0.4) is 0 Å². The van der Waals surface area contributed by atoms with Crippen LogP contribution in [0.1, 0.15) is 37.6 Å². The topological polar surface area (TPSA) is 96.5 Å². The van der Waals surface area contributed by atoms with Gasteiger partial charge in [-0.05, 0) is 51.1 Å². The highest BCUT2D eigenvalue weighted by Gasteiger charge is 2.16. The summed E-state index contributed by atoms with van der Waals surface area (Å²) in [5, 5.41) is 8.47. The second kappa shape index (κ2) is 9.93. The molecule has 3 N–H and O–H groups in total. The van der Waals surface area contributed by atoms with E-state index < -0.39 is 11.7 Å². The number of hydrogen-bond donors (Lipinski definition) is 3. The van der Waals surface area contributed by atoms with Crippen molar-refractivity contribution in [2.24, 2.45) is 0 Å².